The second-order valence-corrected chi connectivity index (χ2v) is 9.90. The summed E-state index contributed by atoms with van der Waals surface area (Å²) in [6, 6.07) is 8.60. The van der Waals surface area contributed by atoms with E-state index in [1.807, 2.05) is 11.3 Å². The third-order valence-corrected chi connectivity index (χ3v) is 7.80. The summed E-state index contributed by atoms with van der Waals surface area (Å²) in [5, 5.41) is 8.78. The quantitative estimate of drug-likeness (QED) is 0.464. The third-order valence-electron chi connectivity index (χ3n) is 6.12. The molecule has 5 rings (SSSR count). The van der Waals surface area contributed by atoms with E-state index in [0.29, 0.717) is 22.7 Å². The molecule has 1 fully saturated rings. The second kappa shape index (κ2) is 6.77. The van der Waals surface area contributed by atoms with Crippen LogP contribution in [0.4, 0.5) is 0 Å². The number of benzene rings is 1. The van der Waals surface area contributed by atoms with E-state index in [-0.39, 0.29) is 10.8 Å². The molecule has 0 unspecified atom stereocenters. The Morgan fingerprint density at radius 2 is 1.90 bits per heavy atom. The standard InChI is InChI=1S/C22H23N5O2S/c1-4-16-11-15(3)12-18(16)21-25-24-20-13-23-22-19(27(20)21)9-10-26(22)30(28,29)17-7-5-14(2)6-8-17/h5-10,13,16,18H,3-4,11-12H2,1-2H3/t16-,18+/m1/s1. The molecule has 4 aromatic rings. The van der Waals surface area contributed by atoms with Gasteiger partial charge < -0.3 is 0 Å². The smallest absolute Gasteiger partial charge is 0.269 e. The van der Waals surface area contributed by atoms with Crippen molar-refractivity contribution in [3.8, 4) is 0 Å². The summed E-state index contributed by atoms with van der Waals surface area (Å²) in [7, 11) is -3.76. The molecule has 1 saturated carbocycles. The highest BCUT2D eigenvalue weighted by Crippen LogP contribution is 2.43. The minimum atomic E-state index is -3.76. The molecular weight excluding hydrogens is 398 g/mol. The summed E-state index contributed by atoms with van der Waals surface area (Å²) < 4.78 is 29.7. The molecule has 0 radical (unpaired) electrons. The van der Waals surface area contributed by atoms with Gasteiger partial charge in [0.25, 0.3) is 10.0 Å². The summed E-state index contributed by atoms with van der Waals surface area (Å²) in [5.74, 6) is 1.54. The zero-order valence-corrected chi connectivity index (χ0v) is 17.8. The van der Waals surface area contributed by atoms with Crippen LogP contribution >= 0.6 is 0 Å². The summed E-state index contributed by atoms with van der Waals surface area (Å²) in [6.07, 6.45) is 6.06. The molecule has 0 bridgehead atoms. The third kappa shape index (κ3) is 2.78. The fraction of sp³-hybridized carbons (Fsp3) is 0.318. The van der Waals surface area contributed by atoms with Crippen molar-refractivity contribution in [2.24, 2.45) is 5.92 Å². The first kappa shape index (κ1) is 19.0. The van der Waals surface area contributed by atoms with Crippen molar-refractivity contribution < 1.29 is 8.42 Å². The molecule has 1 aliphatic carbocycles. The number of aromatic nitrogens is 5. The van der Waals surface area contributed by atoms with Gasteiger partial charge in [0.15, 0.2) is 11.3 Å². The lowest BCUT2D eigenvalue weighted by Gasteiger charge is -2.16. The van der Waals surface area contributed by atoms with Gasteiger partial charge in [0.1, 0.15) is 5.82 Å². The van der Waals surface area contributed by atoms with E-state index in [1.54, 1.807) is 42.7 Å². The van der Waals surface area contributed by atoms with Gasteiger partial charge in [0, 0.05) is 12.1 Å². The minimum absolute atomic E-state index is 0.222. The highest BCUT2D eigenvalue weighted by molar-refractivity contribution is 7.90. The van der Waals surface area contributed by atoms with Crippen LogP contribution in [0, 0.1) is 12.8 Å². The lowest BCUT2D eigenvalue weighted by atomic mass is 9.93. The average Bonchev–Trinajstić information content (AvgIpc) is 3.43. The first-order valence-electron chi connectivity index (χ1n) is 10.1. The maximum atomic E-state index is 13.2. The van der Waals surface area contributed by atoms with Crippen LogP contribution in [-0.2, 0) is 10.0 Å². The topological polar surface area (TPSA) is 82.2 Å². The number of allylic oxidation sites excluding steroid dienone is 1. The molecular formula is C22H23N5O2S. The fourth-order valence-corrected chi connectivity index (χ4v) is 5.81. The van der Waals surface area contributed by atoms with Crippen molar-refractivity contribution in [1.29, 1.82) is 0 Å². The Morgan fingerprint density at radius 1 is 1.13 bits per heavy atom. The van der Waals surface area contributed by atoms with Crippen molar-refractivity contribution in [2.45, 2.75) is 43.9 Å². The molecule has 7 nitrogen and oxygen atoms in total. The zero-order valence-electron chi connectivity index (χ0n) is 17.0. The lowest BCUT2D eigenvalue weighted by molar-refractivity contribution is 0.452. The van der Waals surface area contributed by atoms with Gasteiger partial charge in [-0.15, -0.1) is 10.2 Å². The van der Waals surface area contributed by atoms with Gasteiger partial charge in [0.05, 0.1) is 16.6 Å². The molecule has 1 aliphatic rings. The number of hydrogen-bond acceptors (Lipinski definition) is 5. The Kier molecular flexibility index (Phi) is 4.28. The van der Waals surface area contributed by atoms with Crippen molar-refractivity contribution in [3.05, 3.63) is 66.3 Å². The largest absolute Gasteiger partial charge is 0.274 e. The van der Waals surface area contributed by atoms with E-state index >= 15 is 0 Å². The Balaban J connectivity index is 1.70. The molecule has 0 N–H and O–H groups in total. The van der Waals surface area contributed by atoms with Crippen LogP contribution in [-0.4, -0.2) is 32.0 Å². The zero-order chi connectivity index (χ0) is 21.0. The first-order chi connectivity index (χ1) is 14.4. The van der Waals surface area contributed by atoms with Crippen LogP contribution in [0.15, 0.2) is 59.8 Å². The van der Waals surface area contributed by atoms with Crippen LogP contribution in [0.25, 0.3) is 16.8 Å². The van der Waals surface area contributed by atoms with Crippen LogP contribution in [0.3, 0.4) is 0 Å². The normalized spacial score (nSPS) is 19.9. The number of rotatable bonds is 4. The van der Waals surface area contributed by atoms with E-state index in [9.17, 15) is 8.42 Å². The summed E-state index contributed by atoms with van der Waals surface area (Å²) in [4.78, 5) is 4.65. The summed E-state index contributed by atoms with van der Waals surface area (Å²) in [6.45, 7) is 8.28. The molecule has 0 amide bonds. The SMILES string of the molecule is C=C1C[C@@H](CC)[C@@H](c2nnc3cnc4c(ccn4S(=O)(=O)c4ccc(C)cc4)n23)C1. The van der Waals surface area contributed by atoms with E-state index < -0.39 is 10.0 Å². The van der Waals surface area contributed by atoms with Crippen LogP contribution in [0.1, 0.15) is 43.5 Å². The van der Waals surface area contributed by atoms with Crippen molar-refractivity contribution in [2.75, 3.05) is 0 Å². The Bertz CT molecular complexity index is 1380. The summed E-state index contributed by atoms with van der Waals surface area (Å²) in [5.41, 5.74) is 3.91. The van der Waals surface area contributed by atoms with Crippen molar-refractivity contribution in [3.63, 3.8) is 0 Å². The van der Waals surface area contributed by atoms with E-state index in [2.05, 4.69) is 28.7 Å². The van der Waals surface area contributed by atoms with Crippen molar-refractivity contribution in [1.82, 2.24) is 23.6 Å². The predicted octanol–water partition coefficient (Wildman–Crippen LogP) is 4.08. The minimum Gasteiger partial charge on any atom is -0.274 e. The molecule has 2 atom stereocenters. The van der Waals surface area contributed by atoms with E-state index in [4.69, 9.17) is 0 Å². The van der Waals surface area contributed by atoms with E-state index in [0.717, 1.165) is 30.7 Å². The predicted molar refractivity (Wildman–Crippen MR) is 115 cm³/mol. The highest BCUT2D eigenvalue weighted by Gasteiger charge is 2.33. The molecule has 3 heterocycles. The molecule has 0 spiro atoms. The number of hydrogen-bond donors (Lipinski definition) is 0. The van der Waals surface area contributed by atoms with Crippen LogP contribution in [0.5, 0.6) is 0 Å². The monoisotopic (exact) mass is 421 g/mol. The highest BCUT2D eigenvalue weighted by atomic mass is 32.2. The average molecular weight is 422 g/mol. The second-order valence-electron chi connectivity index (χ2n) is 8.08. The van der Waals surface area contributed by atoms with Gasteiger partial charge >= 0.3 is 0 Å². The maximum Gasteiger partial charge on any atom is 0.269 e. The van der Waals surface area contributed by atoms with Gasteiger partial charge in [0.2, 0.25) is 0 Å². The van der Waals surface area contributed by atoms with E-state index in [1.165, 1.54) is 9.55 Å². The lowest BCUT2D eigenvalue weighted by Crippen LogP contribution is -2.13. The first-order valence-corrected chi connectivity index (χ1v) is 11.5. The van der Waals surface area contributed by atoms with Gasteiger partial charge in [-0.05, 0) is 43.9 Å². The molecule has 30 heavy (non-hydrogen) atoms. The fourth-order valence-electron chi connectivity index (χ4n) is 4.52. The molecule has 0 aliphatic heterocycles. The molecule has 1 aromatic carbocycles. The molecule has 0 saturated heterocycles. The Morgan fingerprint density at radius 3 is 2.63 bits per heavy atom. The maximum absolute atomic E-state index is 13.2. The molecule has 3 aromatic heterocycles. The van der Waals surface area contributed by atoms with Gasteiger partial charge in [-0.2, -0.15) is 0 Å². The van der Waals surface area contributed by atoms with Gasteiger partial charge in [-0.1, -0.05) is 43.2 Å². The number of nitrogens with zero attached hydrogens (tertiary/aromatic N) is 5. The molecule has 154 valence electrons. The Hall–Kier alpha value is -3.00. The van der Waals surface area contributed by atoms with Gasteiger partial charge in [-0.25, -0.2) is 17.4 Å². The van der Waals surface area contributed by atoms with Crippen LogP contribution < -0.4 is 0 Å². The number of aryl methyl sites for hydroxylation is 1. The Labute approximate surface area is 175 Å². The molecule has 8 heteroatoms. The number of fused-ring (bicyclic) bond motifs is 3. The van der Waals surface area contributed by atoms with Crippen LogP contribution in [0.2, 0.25) is 0 Å². The van der Waals surface area contributed by atoms with Crippen molar-refractivity contribution >= 4 is 26.8 Å². The van der Waals surface area contributed by atoms with Gasteiger partial charge in [-0.3, -0.25) is 4.40 Å². The summed E-state index contributed by atoms with van der Waals surface area (Å²) >= 11 is 0.